The third kappa shape index (κ3) is 4.10. The SMILES string of the molecule is CCC(O)c1cn(CC(=O)NC(C)(C)CC)nn1. The molecule has 1 aromatic heterocycles. The molecule has 0 saturated carbocycles. The lowest BCUT2D eigenvalue weighted by molar-refractivity contribution is -0.123. The Balaban J connectivity index is 2.57. The molecule has 0 aliphatic rings. The lowest BCUT2D eigenvalue weighted by Crippen LogP contribution is -2.44. The molecule has 1 amide bonds. The second-order valence-corrected chi connectivity index (χ2v) is 5.05. The summed E-state index contributed by atoms with van der Waals surface area (Å²) < 4.78 is 1.44. The van der Waals surface area contributed by atoms with Gasteiger partial charge in [0.1, 0.15) is 12.2 Å². The summed E-state index contributed by atoms with van der Waals surface area (Å²) in [4.78, 5) is 11.8. The molecule has 0 radical (unpaired) electrons. The highest BCUT2D eigenvalue weighted by atomic mass is 16.3. The minimum Gasteiger partial charge on any atom is -0.387 e. The number of carbonyl (C=O) groups is 1. The number of nitrogens with zero attached hydrogens (tertiary/aromatic N) is 3. The van der Waals surface area contributed by atoms with E-state index in [1.165, 1.54) is 4.68 Å². The number of amides is 1. The quantitative estimate of drug-likeness (QED) is 0.794. The monoisotopic (exact) mass is 254 g/mol. The molecule has 1 aromatic rings. The van der Waals surface area contributed by atoms with E-state index in [4.69, 9.17) is 0 Å². The molecule has 0 spiro atoms. The zero-order valence-corrected chi connectivity index (χ0v) is 11.5. The Morgan fingerprint density at radius 2 is 2.22 bits per heavy atom. The number of aliphatic hydroxyl groups excluding tert-OH is 1. The third-order valence-corrected chi connectivity index (χ3v) is 2.95. The predicted octanol–water partition coefficient (Wildman–Crippen LogP) is 1.03. The van der Waals surface area contributed by atoms with Gasteiger partial charge in [-0.25, -0.2) is 4.68 Å². The summed E-state index contributed by atoms with van der Waals surface area (Å²) in [5.41, 5.74) is 0.281. The van der Waals surface area contributed by atoms with E-state index in [9.17, 15) is 9.90 Å². The van der Waals surface area contributed by atoms with Crippen LogP contribution in [0.15, 0.2) is 6.20 Å². The van der Waals surface area contributed by atoms with Gasteiger partial charge in [0.15, 0.2) is 0 Å². The van der Waals surface area contributed by atoms with Crippen molar-refractivity contribution >= 4 is 5.91 Å². The minimum absolute atomic E-state index is 0.107. The van der Waals surface area contributed by atoms with Crippen molar-refractivity contribution in [2.45, 2.75) is 58.7 Å². The zero-order valence-electron chi connectivity index (χ0n) is 11.5. The van der Waals surface area contributed by atoms with Gasteiger partial charge in [0, 0.05) is 5.54 Å². The lowest BCUT2D eigenvalue weighted by atomic mass is 10.0. The number of rotatable bonds is 6. The number of hydrogen-bond donors (Lipinski definition) is 2. The zero-order chi connectivity index (χ0) is 13.8. The molecule has 0 bridgehead atoms. The van der Waals surface area contributed by atoms with Crippen LogP contribution < -0.4 is 5.32 Å². The van der Waals surface area contributed by atoms with Crippen LogP contribution in [0.5, 0.6) is 0 Å². The fraction of sp³-hybridized carbons (Fsp3) is 0.750. The van der Waals surface area contributed by atoms with E-state index in [0.717, 1.165) is 6.42 Å². The van der Waals surface area contributed by atoms with Gasteiger partial charge in [0.25, 0.3) is 0 Å². The fourth-order valence-electron chi connectivity index (χ4n) is 1.40. The first-order valence-corrected chi connectivity index (χ1v) is 6.27. The minimum atomic E-state index is -0.617. The van der Waals surface area contributed by atoms with Crippen molar-refractivity contribution in [1.82, 2.24) is 20.3 Å². The molecule has 0 saturated heterocycles. The van der Waals surface area contributed by atoms with Crippen LogP contribution in [0.4, 0.5) is 0 Å². The Morgan fingerprint density at radius 1 is 1.56 bits per heavy atom. The maximum absolute atomic E-state index is 11.8. The van der Waals surface area contributed by atoms with Gasteiger partial charge in [-0.05, 0) is 26.7 Å². The van der Waals surface area contributed by atoms with Crippen LogP contribution in [0.2, 0.25) is 0 Å². The molecule has 6 heteroatoms. The van der Waals surface area contributed by atoms with Gasteiger partial charge in [-0.3, -0.25) is 4.79 Å². The number of aliphatic hydroxyl groups is 1. The molecule has 102 valence electrons. The van der Waals surface area contributed by atoms with E-state index in [2.05, 4.69) is 15.6 Å². The largest absolute Gasteiger partial charge is 0.387 e. The van der Waals surface area contributed by atoms with Gasteiger partial charge in [-0.15, -0.1) is 5.10 Å². The third-order valence-electron chi connectivity index (χ3n) is 2.95. The van der Waals surface area contributed by atoms with Crippen molar-refractivity contribution in [3.8, 4) is 0 Å². The molecule has 0 aliphatic heterocycles. The van der Waals surface area contributed by atoms with E-state index in [1.54, 1.807) is 6.20 Å². The molecule has 1 heterocycles. The van der Waals surface area contributed by atoms with Crippen LogP contribution in [-0.2, 0) is 11.3 Å². The first-order chi connectivity index (χ1) is 8.38. The summed E-state index contributed by atoms with van der Waals surface area (Å²) in [6.07, 6.45) is 2.42. The molecule has 1 unspecified atom stereocenters. The smallest absolute Gasteiger partial charge is 0.242 e. The first-order valence-electron chi connectivity index (χ1n) is 6.27. The Labute approximate surface area is 107 Å². The highest BCUT2D eigenvalue weighted by molar-refractivity contribution is 5.76. The number of hydrogen-bond acceptors (Lipinski definition) is 4. The van der Waals surface area contributed by atoms with Crippen LogP contribution >= 0.6 is 0 Å². The summed E-state index contributed by atoms with van der Waals surface area (Å²) in [6, 6.07) is 0. The van der Waals surface area contributed by atoms with E-state index in [-0.39, 0.29) is 18.0 Å². The van der Waals surface area contributed by atoms with Crippen LogP contribution in [0.25, 0.3) is 0 Å². The summed E-state index contributed by atoms with van der Waals surface area (Å²) >= 11 is 0. The Kier molecular flexibility index (Phi) is 4.84. The maximum atomic E-state index is 11.8. The summed E-state index contributed by atoms with van der Waals surface area (Å²) in [5.74, 6) is -0.107. The van der Waals surface area contributed by atoms with E-state index >= 15 is 0 Å². The highest BCUT2D eigenvalue weighted by Gasteiger charge is 2.18. The number of nitrogens with one attached hydrogen (secondary N) is 1. The number of aromatic nitrogens is 3. The molecule has 6 nitrogen and oxygen atoms in total. The second kappa shape index (κ2) is 5.95. The molecule has 0 fully saturated rings. The van der Waals surface area contributed by atoms with Gasteiger partial charge in [0.2, 0.25) is 5.91 Å². The predicted molar refractivity (Wildman–Crippen MR) is 67.8 cm³/mol. The normalized spacial score (nSPS) is 13.4. The van der Waals surface area contributed by atoms with Crippen LogP contribution in [0.3, 0.4) is 0 Å². The van der Waals surface area contributed by atoms with Crippen LogP contribution in [-0.4, -0.2) is 31.5 Å². The van der Waals surface area contributed by atoms with Crippen LogP contribution in [0.1, 0.15) is 52.3 Å². The summed E-state index contributed by atoms with van der Waals surface area (Å²) in [6.45, 7) is 7.94. The average molecular weight is 254 g/mol. The first kappa shape index (κ1) is 14.6. The van der Waals surface area contributed by atoms with Gasteiger partial charge < -0.3 is 10.4 Å². The lowest BCUT2D eigenvalue weighted by Gasteiger charge is -2.24. The Morgan fingerprint density at radius 3 is 2.78 bits per heavy atom. The van der Waals surface area contributed by atoms with Gasteiger partial charge in [-0.1, -0.05) is 19.1 Å². The van der Waals surface area contributed by atoms with Crippen molar-refractivity contribution in [3.63, 3.8) is 0 Å². The fourth-order valence-corrected chi connectivity index (χ4v) is 1.40. The molecular formula is C12H22N4O2. The van der Waals surface area contributed by atoms with Gasteiger partial charge in [0.05, 0.1) is 12.3 Å². The number of carbonyl (C=O) groups excluding carboxylic acids is 1. The molecule has 1 atom stereocenters. The van der Waals surface area contributed by atoms with Crippen molar-refractivity contribution in [3.05, 3.63) is 11.9 Å². The molecule has 18 heavy (non-hydrogen) atoms. The van der Waals surface area contributed by atoms with E-state index in [1.807, 2.05) is 27.7 Å². The van der Waals surface area contributed by atoms with E-state index in [0.29, 0.717) is 12.1 Å². The van der Waals surface area contributed by atoms with E-state index < -0.39 is 6.10 Å². The molecule has 1 rings (SSSR count). The van der Waals surface area contributed by atoms with Crippen molar-refractivity contribution in [2.24, 2.45) is 0 Å². The van der Waals surface area contributed by atoms with Crippen LogP contribution in [0, 0.1) is 0 Å². The highest BCUT2D eigenvalue weighted by Crippen LogP contribution is 2.12. The van der Waals surface area contributed by atoms with Crippen molar-refractivity contribution < 1.29 is 9.90 Å². The Bertz CT molecular complexity index is 401. The molecule has 2 N–H and O–H groups in total. The standard InChI is InChI=1S/C12H22N4O2/c1-5-10(17)9-7-16(15-14-9)8-11(18)13-12(3,4)6-2/h7,10,17H,5-6,8H2,1-4H3,(H,13,18). The maximum Gasteiger partial charge on any atom is 0.242 e. The Hall–Kier alpha value is -1.43. The average Bonchev–Trinajstić information content (AvgIpc) is 2.75. The topological polar surface area (TPSA) is 80.0 Å². The van der Waals surface area contributed by atoms with Gasteiger partial charge >= 0.3 is 0 Å². The molecule has 0 aliphatic carbocycles. The molecular weight excluding hydrogens is 232 g/mol. The summed E-state index contributed by atoms with van der Waals surface area (Å²) in [5, 5.41) is 20.2. The van der Waals surface area contributed by atoms with Gasteiger partial charge in [-0.2, -0.15) is 0 Å². The molecule has 0 aromatic carbocycles. The second-order valence-electron chi connectivity index (χ2n) is 5.05. The summed E-state index contributed by atoms with van der Waals surface area (Å²) in [7, 11) is 0. The van der Waals surface area contributed by atoms with Crippen molar-refractivity contribution in [1.29, 1.82) is 0 Å². The van der Waals surface area contributed by atoms with Crippen molar-refractivity contribution in [2.75, 3.05) is 0 Å².